The molecule has 2 fully saturated rings. The summed E-state index contributed by atoms with van der Waals surface area (Å²) in [5.74, 6) is 3.04. The highest BCUT2D eigenvalue weighted by Gasteiger charge is 2.32. The minimum Gasteiger partial charge on any atom is -0.486 e. The van der Waals surface area contributed by atoms with E-state index in [9.17, 15) is 4.79 Å². The molecule has 3 heterocycles. The van der Waals surface area contributed by atoms with Gasteiger partial charge in [-0.3, -0.25) is 9.36 Å². The van der Waals surface area contributed by atoms with E-state index in [0.717, 1.165) is 54.1 Å². The number of anilines is 1. The van der Waals surface area contributed by atoms with E-state index in [4.69, 9.17) is 9.47 Å². The maximum atomic E-state index is 12.9. The lowest BCUT2D eigenvalue weighted by Crippen LogP contribution is -2.33. The van der Waals surface area contributed by atoms with Crippen molar-refractivity contribution in [3.63, 3.8) is 0 Å². The lowest BCUT2D eigenvalue weighted by molar-refractivity contribution is -0.119. The van der Waals surface area contributed by atoms with E-state index in [-0.39, 0.29) is 17.9 Å². The molecule has 1 N–H and O–H groups in total. The molecule has 1 aromatic carbocycles. The Morgan fingerprint density at radius 3 is 2.62 bits per heavy atom. The van der Waals surface area contributed by atoms with Gasteiger partial charge in [-0.25, -0.2) is 0 Å². The van der Waals surface area contributed by atoms with Crippen molar-refractivity contribution in [2.75, 3.05) is 37.0 Å². The number of amides is 1. The van der Waals surface area contributed by atoms with E-state index in [1.807, 2.05) is 18.2 Å². The number of carbonyl (C=O) groups is 1. The average Bonchev–Trinajstić information content (AvgIpc) is 3.31. The van der Waals surface area contributed by atoms with E-state index >= 15 is 0 Å². The number of ether oxygens (including phenoxy) is 2. The van der Waals surface area contributed by atoms with Gasteiger partial charge in [0.2, 0.25) is 11.9 Å². The lowest BCUT2D eigenvalue weighted by Gasteiger charge is -2.25. The number of hydrogen-bond donors (Lipinski definition) is 1. The van der Waals surface area contributed by atoms with Crippen molar-refractivity contribution in [3.05, 3.63) is 23.8 Å². The maximum Gasteiger partial charge on any atom is 0.230 e. The predicted molar refractivity (Wildman–Crippen MR) is 124 cm³/mol. The van der Waals surface area contributed by atoms with Gasteiger partial charge in [0, 0.05) is 19.1 Å². The van der Waals surface area contributed by atoms with Crippen LogP contribution >= 0.6 is 11.8 Å². The molecule has 1 atom stereocenters. The van der Waals surface area contributed by atoms with Gasteiger partial charge in [-0.05, 0) is 49.3 Å². The summed E-state index contributed by atoms with van der Waals surface area (Å²) in [4.78, 5) is 15.2. The molecule has 3 aliphatic rings. The number of aromatic nitrogens is 3. The van der Waals surface area contributed by atoms with Gasteiger partial charge in [0.15, 0.2) is 16.7 Å². The summed E-state index contributed by atoms with van der Waals surface area (Å²) in [6, 6.07) is 6.31. The Kier molecular flexibility index (Phi) is 6.17. The summed E-state index contributed by atoms with van der Waals surface area (Å²) in [6.07, 6.45) is 4.74. The van der Waals surface area contributed by atoms with Crippen LogP contribution in [0.5, 0.6) is 11.5 Å². The first-order chi connectivity index (χ1) is 15.6. The zero-order valence-electron chi connectivity index (χ0n) is 18.7. The van der Waals surface area contributed by atoms with Crippen molar-refractivity contribution in [2.45, 2.75) is 56.8 Å². The predicted octanol–water partition coefficient (Wildman–Crippen LogP) is 3.59. The van der Waals surface area contributed by atoms with Crippen molar-refractivity contribution in [2.24, 2.45) is 5.92 Å². The van der Waals surface area contributed by atoms with Crippen molar-refractivity contribution in [1.82, 2.24) is 20.1 Å². The molecule has 2 aliphatic heterocycles. The molecule has 1 aliphatic carbocycles. The third kappa shape index (κ3) is 4.53. The van der Waals surface area contributed by atoms with Crippen LogP contribution < -0.4 is 19.7 Å². The molecule has 172 valence electrons. The van der Waals surface area contributed by atoms with Crippen molar-refractivity contribution < 1.29 is 14.3 Å². The molecule has 1 saturated carbocycles. The van der Waals surface area contributed by atoms with Crippen LogP contribution in [-0.2, 0) is 4.79 Å². The number of hydrogen-bond acceptors (Lipinski definition) is 7. The summed E-state index contributed by atoms with van der Waals surface area (Å²) in [5.41, 5.74) is 1.03. The Morgan fingerprint density at radius 1 is 1.16 bits per heavy atom. The summed E-state index contributed by atoms with van der Waals surface area (Å²) >= 11 is 1.48. The Balaban J connectivity index is 1.25. The van der Waals surface area contributed by atoms with Crippen LogP contribution in [0.4, 0.5) is 5.95 Å². The number of nitrogens with zero attached hydrogens (tertiary/aromatic N) is 4. The van der Waals surface area contributed by atoms with Gasteiger partial charge in [-0.1, -0.05) is 31.7 Å². The Hall–Kier alpha value is -2.42. The molecule has 1 amide bonds. The van der Waals surface area contributed by atoms with E-state index in [0.29, 0.717) is 25.0 Å². The second kappa shape index (κ2) is 9.21. The third-order valence-corrected chi connectivity index (χ3v) is 7.13. The first kappa shape index (κ1) is 21.4. The average molecular weight is 458 g/mol. The minimum atomic E-state index is -0.0969. The SMILES string of the molecule is CC(C)[C@H](NC(=O)CSc1nnc(N2CCCC2)n1C1CC1)c1ccc2c(c1)OCCO2. The number of fused-ring (bicyclic) bond motifs is 1. The summed E-state index contributed by atoms with van der Waals surface area (Å²) in [6.45, 7) is 7.43. The van der Waals surface area contributed by atoms with Crippen LogP contribution in [0.3, 0.4) is 0 Å². The molecule has 5 rings (SSSR count). The van der Waals surface area contributed by atoms with Gasteiger partial charge in [-0.15, -0.1) is 10.2 Å². The highest BCUT2D eigenvalue weighted by atomic mass is 32.2. The van der Waals surface area contributed by atoms with Crippen LogP contribution in [0, 0.1) is 5.92 Å². The van der Waals surface area contributed by atoms with E-state index in [1.54, 1.807) is 0 Å². The molecule has 0 bridgehead atoms. The summed E-state index contributed by atoms with van der Waals surface area (Å²) in [5, 5.41) is 13.0. The molecule has 0 radical (unpaired) electrons. The number of carbonyl (C=O) groups excluding carboxylic acids is 1. The Bertz CT molecular complexity index is 969. The topological polar surface area (TPSA) is 81.5 Å². The van der Waals surface area contributed by atoms with Gasteiger partial charge in [0.05, 0.1) is 11.8 Å². The van der Waals surface area contributed by atoms with Crippen LogP contribution in [0.1, 0.15) is 57.2 Å². The van der Waals surface area contributed by atoms with Gasteiger partial charge in [0.25, 0.3) is 0 Å². The lowest BCUT2D eigenvalue weighted by atomic mass is 9.95. The zero-order chi connectivity index (χ0) is 22.1. The van der Waals surface area contributed by atoms with Crippen LogP contribution in [0.2, 0.25) is 0 Å². The molecule has 9 heteroatoms. The first-order valence-electron chi connectivity index (χ1n) is 11.6. The highest BCUT2D eigenvalue weighted by Crippen LogP contribution is 2.41. The zero-order valence-corrected chi connectivity index (χ0v) is 19.6. The van der Waals surface area contributed by atoms with Gasteiger partial charge >= 0.3 is 0 Å². The van der Waals surface area contributed by atoms with Crippen molar-refractivity contribution in [1.29, 1.82) is 0 Å². The number of rotatable bonds is 8. The summed E-state index contributed by atoms with van der Waals surface area (Å²) < 4.78 is 13.6. The maximum absolute atomic E-state index is 12.9. The van der Waals surface area contributed by atoms with Crippen LogP contribution in [-0.4, -0.2) is 52.7 Å². The van der Waals surface area contributed by atoms with E-state index in [2.05, 4.69) is 38.8 Å². The first-order valence-corrected chi connectivity index (χ1v) is 12.6. The van der Waals surface area contributed by atoms with E-state index < -0.39 is 0 Å². The molecule has 2 aromatic rings. The second-order valence-electron chi connectivity index (χ2n) is 9.06. The van der Waals surface area contributed by atoms with Crippen LogP contribution in [0.15, 0.2) is 23.4 Å². The fourth-order valence-electron chi connectivity index (χ4n) is 4.39. The standard InChI is InChI=1S/C23H31N5O3S/c1-15(2)21(16-5-8-18-19(13-16)31-12-11-30-18)24-20(29)14-32-23-26-25-22(27-9-3-4-10-27)28(23)17-6-7-17/h5,8,13,15,17,21H,3-4,6-7,9-12,14H2,1-2H3,(H,24,29)/t21-/m0/s1. The molecule has 8 nitrogen and oxygen atoms in total. The highest BCUT2D eigenvalue weighted by molar-refractivity contribution is 7.99. The Morgan fingerprint density at radius 2 is 1.91 bits per heavy atom. The third-order valence-electron chi connectivity index (χ3n) is 6.19. The fourth-order valence-corrected chi connectivity index (χ4v) is 5.20. The largest absolute Gasteiger partial charge is 0.486 e. The fraction of sp³-hybridized carbons (Fsp3) is 0.609. The van der Waals surface area contributed by atoms with Crippen molar-refractivity contribution >= 4 is 23.6 Å². The second-order valence-corrected chi connectivity index (χ2v) is 10.0. The van der Waals surface area contributed by atoms with Crippen molar-refractivity contribution in [3.8, 4) is 11.5 Å². The quantitative estimate of drug-likeness (QED) is 0.607. The number of nitrogens with one attached hydrogen (secondary N) is 1. The van der Waals surface area contributed by atoms with Crippen LogP contribution in [0.25, 0.3) is 0 Å². The van der Waals surface area contributed by atoms with Gasteiger partial charge < -0.3 is 19.7 Å². The van der Waals surface area contributed by atoms with Gasteiger partial charge in [-0.2, -0.15) is 0 Å². The Labute approximate surface area is 193 Å². The molecular weight excluding hydrogens is 426 g/mol. The van der Waals surface area contributed by atoms with Gasteiger partial charge in [0.1, 0.15) is 13.2 Å². The molecule has 1 saturated heterocycles. The molecule has 32 heavy (non-hydrogen) atoms. The smallest absolute Gasteiger partial charge is 0.230 e. The molecule has 1 aromatic heterocycles. The normalized spacial score (nSPS) is 18.8. The molecule has 0 spiro atoms. The molecular formula is C23H31N5O3S. The summed E-state index contributed by atoms with van der Waals surface area (Å²) in [7, 11) is 0. The minimum absolute atomic E-state index is 0.00309. The molecule has 0 unspecified atom stereocenters. The number of thioether (sulfide) groups is 1. The van der Waals surface area contributed by atoms with E-state index in [1.165, 1.54) is 24.6 Å². The monoisotopic (exact) mass is 457 g/mol. The number of benzene rings is 1.